The van der Waals surface area contributed by atoms with Crippen LogP contribution in [0, 0.1) is 11.8 Å². The molecule has 38 heavy (non-hydrogen) atoms. The van der Waals surface area contributed by atoms with Crippen molar-refractivity contribution in [2.75, 3.05) is 37.7 Å². The molecule has 3 fully saturated rings. The molecule has 3 aliphatic rings. The molecular formula is C29H38ClN3O5. The summed E-state index contributed by atoms with van der Waals surface area (Å²) in [6, 6.07) is 6.17. The van der Waals surface area contributed by atoms with E-state index >= 15 is 0 Å². The van der Waals surface area contributed by atoms with Crippen molar-refractivity contribution in [3.8, 4) is 0 Å². The first-order valence-electron chi connectivity index (χ1n) is 13.5. The second-order valence-electron chi connectivity index (χ2n) is 10.3. The van der Waals surface area contributed by atoms with Gasteiger partial charge in [0.1, 0.15) is 11.6 Å². The van der Waals surface area contributed by atoms with Gasteiger partial charge >= 0.3 is 0 Å². The Morgan fingerprint density at radius 2 is 1.95 bits per heavy atom. The van der Waals surface area contributed by atoms with Crippen LogP contribution in [0.3, 0.4) is 0 Å². The van der Waals surface area contributed by atoms with Crippen molar-refractivity contribution in [2.24, 2.45) is 11.8 Å². The monoisotopic (exact) mass is 543 g/mol. The maximum atomic E-state index is 14.4. The van der Waals surface area contributed by atoms with Crippen LogP contribution in [0.25, 0.3) is 0 Å². The van der Waals surface area contributed by atoms with E-state index in [2.05, 4.69) is 13.2 Å². The number of halogens is 1. The first-order chi connectivity index (χ1) is 18.4. The normalized spacial score (nSPS) is 27.3. The maximum Gasteiger partial charge on any atom is 0.253 e. The molecule has 1 aromatic rings. The minimum absolute atomic E-state index is 0.00928. The number of aliphatic hydroxyl groups is 1. The quantitative estimate of drug-likeness (QED) is 0.304. The Morgan fingerprint density at radius 1 is 1.21 bits per heavy atom. The number of rotatable bonds is 13. The molecule has 1 aromatic carbocycles. The molecule has 3 saturated heterocycles. The van der Waals surface area contributed by atoms with Gasteiger partial charge in [-0.3, -0.25) is 14.4 Å². The van der Waals surface area contributed by atoms with Crippen molar-refractivity contribution in [2.45, 2.75) is 56.8 Å². The lowest BCUT2D eigenvalue weighted by Gasteiger charge is -2.37. The molecule has 206 valence electrons. The number of unbranched alkanes of at least 4 members (excludes halogenated alkanes) is 1. The summed E-state index contributed by atoms with van der Waals surface area (Å²) < 4.78 is 6.57. The second-order valence-corrected chi connectivity index (χ2v) is 10.7. The lowest BCUT2D eigenvalue weighted by molar-refractivity contribution is -0.145. The van der Waals surface area contributed by atoms with E-state index in [0.717, 1.165) is 6.42 Å². The third-order valence-electron chi connectivity index (χ3n) is 8.00. The van der Waals surface area contributed by atoms with Gasteiger partial charge in [0.05, 0.1) is 28.6 Å². The molecule has 1 spiro atoms. The number of amides is 3. The van der Waals surface area contributed by atoms with E-state index in [9.17, 15) is 19.5 Å². The van der Waals surface area contributed by atoms with Gasteiger partial charge in [-0.05, 0) is 44.2 Å². The van der Waals surface area contributed by atoms with Crippen molar-refractivity contribution in [1.29, 1.82) is 0 Å². The molecule has 2 unspecified atom stereocenters. The Labute approximate surface area is 229 Å². The molecule has 0 aliphatic carbocycles. The predicted octanol–water partition coefficient (Wildman–Crippen LogP) is 3.43. The predicted molar refractivity (Wildman–Crippen MR) is 147 cm³/mol. The smallest absolute Gasteiger partial charge is 0.253 e. The number of nitrogens with zero attached hydrogens (tertiary/aromatic N) is 3. The molecule has 9 heteroatoms. The topological polar surface area (TPSA) is 90.4 Å². The standard InChI is InChI=1S/C29H38ClN3O5/c1-4-15-31(16-5-2)26(35)23-22-13-14-29(38-22)24(23)27(36)33(18-9-10-19-34)25(29)28(37)32(17-6-3)21-12-8-7-11-20(21)30/h4,6-8,11-12,22-25,34H,1,3,5,9-10,13-19H2,2H3/t22-,23+,24-,25?,29?/m0/s1. The fraction of sp³-hybridized carbons (Fsp3) is 0.552. The molecule has 3 heterocycles. The molecule has 3 aliphatic heterocycles. The van der Waals surface area contributed by atoms with Gasteiger partial charge in [0.15, 0.2) is 0 Å². The summed E-state index contributed by atoms with van der Waals surface area (Å²) in [7, 11) is 0. The lowest BCUT2D eigenvalue weighted by atomic mass is 9.70. The van der Waals surface area contributed by atoms with Gasteiger partial charge in [-0.15, -0.1) is 13.2 Å². The molecule has 4 rings (SSSR count). The van der Waals surface area contributed by atoms with Crippen LogP contribution in [0.5, 0.6) is 0 Å². The van der Waals surface area contributed by atoms with Crippen LogP contribution in [0.1, 0.15) is 39.0 Å². The molecule has 8 nitrogen and oxygen atoms in total. The van der Waals surface area contributed by atoms with Crippen LogP contribution >= 0.6 is 11.6 Å². The van der Waals surface area contributed by atoms with E-state index in [1.807, 2.05) is 6.92 Å². The van der Waals surface area contributed by atoms with Gasteiger partial charge in [-0.25, -0.2) is 0 Å². The Hall–Kier alpha value is -2.68. The van der Waals surface area contributed by atoms with Crippen LogP contribution in [0.15, 0.2) is 49.6 Å². The Kier molecular flexibility index (Phi) is 8.96. The highest BCUT2D eigenvalue weighted by Gasteiger charge is 2.74. The van der Waals surface area contributed by atoms with Crippen molar-refractivity contribution in [1.82, 2.24) is 9.80 Å². The Balaban J connectivity index is 1.75. The summed E-state index contributed by atoms with van der Waals surface area (Å²) in [4.78, 5) is 47.2. The summed E-state index contributed by atoms with van der Waals surface area (Å²) in [5.41, 5.74) is -0.563. The third kappa shape index (κ3) is 4.78. The number of carbonyl (C=O) groups is 3. The Morgan fingerprint density at radius 3 is 2.61 bits per heavy atom. The first kappa shape index (κ1) is 28.3. The van der Waals surface area contributed by atoms with E-state index < -0.39 is 29.6 Å². The number of carbonyl (C=O) groups excluding carboxylic acids is 3. The summed E-state index contributed by atoms with van der Waals surface area (Å²) >= 11 is 6.49. The molecule has 2 bridgehead atoms. The van der Waals surface area contributed by atoms with E-state index in [1.165, 1.54) is 0 Å². The van der Waals surface area contributed by atoms with Gasteiger partial charge in [-0.2, -0.15) is 0 Å². The first-order valence-corrected chi connectivity index (χ1v) is 13.9. The van der Waals surface area contributed by atoms with Crippen molar-refractivity contribution in [3.05, 3.63) is 54.6 Å². The number of hydrogen-bond donors (Lipinski definition) is 1. The Bertz CT molecular complexity index is 1080. The minimum Gasteiger partial charge on any atom is -0.396 e. The summed E-state index contributed by atoms with van der Waals surface area (Å²) in [6.45, 7) is 11.1. The zero-order valence-corrected chi connectivity index (χ0v) is 22.8. The van der Waals surface area contributed by atoms with Gasteiger partial charge in [-0.1, -0.05) is 42.8 Å². The summed E-state index contributed by atoms with van der Waals surface area (Å²) in [5.74, 6) is -2.03. The molecule has 1 N–H and O–H groups in total. The maximum absolute atomic E-state index is 14.4. The molecule has 3 amide bonds. The van der Waals surface area contributed by atoms with Crippen LogP contribution in [0.2, 0.25) is 5.02 Å². The highest BCUT2D eigenvalue weighted by Crippen LogP contribution is 2.59. The van der Waals surface area contributed by atoms with Crippen LogP contribution in [-0.2, 0) is 19.1 Å². The lowest BCUT2D eigenvalue weighted by Crippen LogP contribution is -2.56. The van der Waals surface area contributed by atoms with Crippen LogP contribution in [0.4, 0.5) is 5.69 Å². The minimum atomic E-state index is -1.09. The van der Waals surface area contributed by atoms with Gasteiger partial charge in [0.25, 0.3) is 5.91 Å². The zero-order chi connectivity index (χ0) is 27.4. The number of likely N-dealkylation sites (tertiary alicyclic amines) is 1. The molecular weight excluding hydrogens is 506 g/mol. The largest absolute Gasteiger partial charge is 0.396 e. The molecule has 0 aromatic heterocycles. The number of para-hydroxylation sites is 1. The summed E-state index contributed by atoms with van der Waals surface area (Å²) in [6.07, 6.45) is 5.84. The molecule has 5 atom stereocenters. The zero-order valence-electron chi connectivity index (χ0n) is 22.1. The molecule has 0 radical (unpaired) electrons. The van der Waals surface area contributed by atoms with E-state index in [0.29, 0.717) is 56.0 Å². The average molecular weight is 544 g/mol. The highest BCUT2D eigenvalue weighted by atomic mass is 35.5. The number of benzene rings is 1. The van der Waals surface area contributed by atoms with E-state index in [-0.39, 0.29) is 30.9 Å². The SMILES string of the molecule is C=CCN(CCC)C(=O)[C@@H]1[C@@H]2CCC3(O2)C(C(=O)N(CC=C)c2ccccc2Cl)N(CCCCO)C(=O)[C@H]13. The van der Waals surface area contributed by atoms with Crippen molar-refractivity contribution >= 4 is 35.0 Å². The third-order valence-corrected chi connectivity index (χ3v) is 8.32. The number of fused-ring (bicyclic) bond motifs is 1. The van der Waals surface area contributed by atoms with E-state index in [1.54, 1.807) is 51.1 Å². The van der Waals surface area contributed by atoms with Crippen LogP contribution in [-0.4, -0.2) is 83.2 Å². The average Bonchev–Trinajstić information content (AvgIpc) is 3.55. The summed E-state index contributed by atoms with van der Waals surface area (Å²) in [5, 5.41) is 9.79. The van der Waals surface area contributed by atoms with E-state index in [4.69, 9.17) is 16.3 Å². The highest BCUT2D eigenvalue weighted by molar-refractivity contribution is 6.34. The van der Waals surface area contributed by atoms with Gasteiger partial charge in [0, 0.05) is 32.8 Å². The van der Waals surface area contributed by atoms with Crippen molar-refractivity contribution < 1.29 is 24.2 Å². The van der Waals surface area contributed by atoms with Gasteiger partial charge < -0.3 is 24.5 Å². The molecule has 0 saturated carbocycles. The fourth-order valence-electron chi connectivity index (χ4n) is 6.53. The van der Waals surface area contributed by atoms with Gasteiger partial charge in [0.2, 0.25) is 11.8 Å². The number of aliphatic hydroxyl groups excluding tert-OH is 1. The van der Waals surface area contributed by atoms with Crippen LogP contribution < -0.4 is 4.90 Å². The number of hydrogen-bond acceptors (Lipinski definition) is 5. The fourth-order valence-corrected chi connectivity index (χ4v) is 6.77. The second kappa shape index (κ2) is 12.0. The number of anilines is 1. The number of ether oxygens (including phenoxy) is 1. The van der Waals surface area contributed by atoms with Crippen molar-refractivity contribution in [3.63, 3.8) is 0 Å².